The van der Waals surface area contributed by atoms with Crippen LogP contribution in [0.25, 0.3) is 0 Å². The Morgan fingerprint density at radius 3 is 2.46 bits per heavy atom. The van der Waals surface area contributed by atoms with Crippen LogP contribution in [-0.4, -0.2) is 22.8 Å². The Labute approximate surface area is 168 Å². The molecule has 0 aliphatic rings. The van der Waals surface area contributed by atoms with E-state index in [9.17, 15) is 15.0 Å². The summed E-state index contributed by atoms with van der Waals surface area (Å²) < 4.78 is 5.36. The quantitative estimate of drug-likeness (QED) is 0.541. The van der Waals surface area contributed by atoms with E-state index < -0.39 is 0 Å². The van der Waals surface area contributed by atoms with Gasteiger partial charge in [0, 0.05) is 6.07 Å². The monoisotopic (exact) mass is 384 g/mol. The number of ether oxygens (including phenoxy) is 1. The molecule has 1 unspecified atom stereocenters. The lowest BCUT2D eigenvalue weighted by Gasteiger charge is -2.27. The molecule has 2 aromatic rings. The Bertz CT molecular complexity index is 752. The summed E-state index contributed by atoms with van der Waals surface area (Å²) >= 11 is 0. The van der Waals surface area contributed by atoms with Crippen molar-refractivity contribution in [1.29, 1.82) is 0 Å². The maximum atomic E-state index is 11.9. The van der Waals surface area contributed by atoms with Gasteiger partial charge < -0.3 is 14.9 Å². The van der Waals surface area contributed by atoms with Crippen molar-refractivity contribution in [2.75, 3.05) is 6.61 Å². The van der Waals surface area contributed by atoms with Gasteiger partial charge in [-0.2, -0.15) is 0 Å². The largest absolute Gasteiger partial charge is 0.508 e. The fourth-order valence-corrected chi connectivity index (χ4v) is 3.45. The Balaban J connectivity index is 1.68. The molecule has 2 N–H and O–H groups in total. The molecule has 0 aromatic heterocycles. The first-order chi connectivity index (χ1) is 13.3. The van der Waals surface area contributed by atoms with E-state index in [0.29, 0.717) is 18.9 Å². The Hall–Kier alpha value is -2.49. The van der Waals surface area contributed by atoms with Crippen LogP contribution in [0.3, 0.4) is 0 Å². The van der Waals surface area contributed by atoms with Gasteiger partial charge in [0.15, 0.2) is 0 Å². The smallest absolute Gasteiger partial charge is 0.310 e. The number of hydrogen-bond acceptors (Lipinski definition) is 4. The number of carbonyl (C=O) groups is 1. The zero-order chi connectivity index (χ0) is 20.6. The van der Waals surface area contributed by atoms with E-state index in [4.69, 9.17) is 4.74 Å². The van der Waals surface area contributed by atoms with Crippen LogP contribution < -0.4 is 0 Å². The second-order valence-corrected chi connectivity index (χ2v) is 8.25. The van der Waals surface area contributed by atoms with Gasteiger partial charge >= 0.3 is 5.97 Å². The normalized spacial score (nSPS) is 12.5. The average Bonchev–Trinajstić information content (AvgIpc) is 2.62. The van der Waals surface area contributed by atoms with Gasteiger partial charge in [-0.05, 0) is 41.4 Å². The highest BCUT2D eigenvalue weighted by atomic mass is 16.5. The van der Waals surface area contributed by atoms with E-state index in [2.05, 4.69) is 20.8 Å². The number of benzene rings is 2. The molecule has 0 amide bonds. The van der Waals surface area contributed by atoms with Crippen LogP contribution >= 0.6 is 0 Å². The number of hydrogen-bond donors (Lipinski definition) is 2. The van der Waals surface area contributed by atoms with Gasteiger partial charge in [-0.15, -0.1) is 0 Å². The second kappa shape index (κ2) is 10.2. The lowest BCUT2D eigenvalue weighted by molar-refractivity contribution is -0.143. The number of phenolic OH excluding ortho intramolecular Hbond substituents is 2. The van der Waals surface area contributed by atoms with Crippen LogP contribution in [0.2, 0.25) is 0 Å². The minimum absolute atomic E-state index is 0.0764. The molecule has 0 fully saturated rings. The van der Waals surface area contributed by atoms with E-state index in [-0.39, 0.29) is 22.9 Å². The molecule has 152 valence electrons. The van der Waals surface area contributed by atoms with E-state index in [1.807, 2.05) is 30.3 Å². The zero-order valence-corrected chi connectivity index (χ0v) is 17.1. The van der Waals surface area contributed by atoms with E-state index in [0.717, 1.165) is 36.8 Å². The molecule has 0 aliphatic carbocycles. The molecule has 0 bridgehead atoms. The zero-order valence-electron chi connectivity index (χ0n) is 17.1. The van der Waals surface area contributed by atoms with Crippen LogP contribution in [-0.2, 0) is 21.4 Å². The number of aromatic hydroxyl groups is 2. The third-order valence-corrected chi connectivity index (χ3v) is 5.27. The summed E-state index contributed by atoms with van der Waals surface area (Å²) in [5, 5.41) is 19.6. The van der Waals surface area contributed by atoms with Crippen LogP contribution in [0, 0.1) is 5.92 Å². The van der Waals surface area contributed by atoms with Gasteiger partial charge in [0.1, 0.15) is 11.5 Å². The summed E-state index contributed by atoms with van der Waals surface area (Å²) in [6.45, 7) is 6.84. The third kappa shape index (κ3) is 6.91. The number of rotatable bonds is 10. The lowest BCUT2D eigenvalue weighted by atomic mass is 9.79. The molecule has 0 aliphatic heterocycles. The first-order valence-corrected chi connectivity index (χ1v) is 10.00. The fourth-order valence-electron chi connectivity index (χ4n) is 3.45. The average molecular weight is 385 g/mol. The van der Waals surface area contributed by atoms with Crippen LogP contribution in [0.4, 0.5) is 0 Å². The van der Waals surface area contributed by atoms with Crippen molar-refractivity contribution in [3.05, 3.63) is 59.7 Å². The summed E-state index contributed by atoms with van der Waals surface area (Å²) in [5.41, 5.74) is 1.66. The van der Waals surface area contributed by atoms with Gasteiger partial charge in [0.05, 0.1) is 13.0 Å². The number of carbonyl (C=O) groups excluding carboxylic acids is 1. The summed E-state index contributed by atoms with van der Waals surface area (Å²) in [7, 11) is 0. The first kappa shape index (κ1) is 21.8. The van der Waals surface area contributed by atoms with E-state index in [1.165, 1.54) is 6.07 Å². The Kier molecular flexibility index (Phi) is 7.91. The molecule has 0 saturated heterocycles. The van der Waals surface area contributed by atoms with Crippen molar-refractivity contribution in [3.8, 4) is 11.5 Å². The highest BCUT2D eigenvalue weighted by molar-refractivity contribution is 5.72. The minimum Gasteiger partial charge on any atom is -0.508 e. The number of esters is 1. The molecule has 0 radical (unpaired) electrons. The highest BCUT2D eigenvalue weighted by Gasteiger charge is 2.24. The SMILES string of the molecule is CC(CCCC(C)(C)c1ccc(O)cc1O)CCOC(=O)Cc1ccccc1. The van der Waals surface area contributed by atoms with Crippen molar-refractivity contribution in [3.63, 3.8) is 0 Å². The molecule has 1 atom stereocenters. The van der Waals surface area contributed by atoms with Gasteiger partial charge in [-0.25, -0.2) is 0 Å². The van der Waals surface area contributed by atoms with Crippen molar-refractivity contribution in [1.82, 2.24) is 0 Å². The molecule has 4 nitrogen and oxygen atoms in total. The first-order valence-electron chi connectivity index (χ1n) is 10.00. The van der Waals surface area contributed by atoms with Gasteiger partial charge in [-0.1, -0.05) is 70.0 Å². The molecule has 2 rings (SSSR count). The molecular weight excluding hydrogens is 352 g/mol. The molecule has 28 heavy (non-hydrogen) atoms. The van der Waals surface area contributed by atoms with E-state index >= 15 is 0 Å². The Morgan fingerprint density at radius 1 is 1.07 bits per heavy atom. The van der Waals surface area contributed by atoms with Crippen molar-refractivity contribution >= 4 is 5.97 Å². The molecule has 2 aromatic carbocycles. The molecule has 0 saturated carbocycles. The van der Waals surface area contributed by atoms with Crippen molar-refractivity contribution in [2.24, 2.45) is 5.92 Å². The molecule has 0 heterocycles. The third-order valence-electron chi connectivity index (χ3n) is 5.27. The van der Waals surface area contributed by atoms with Gasteiger partial charge in [0.25, 0.3) is 0 Å². The fraction of sp³-hybridized carbons (Fsp3) is 0.458. The van der Waals surface area contributed by atoms with Crippen molar-refractivity contribution < 1.29 is 19.7 Å². The van der Waals surface area contributed by atoms with Crippen molar-refractivity contribution in [2.45, 2.75) is 58.3 Å². The summed E-state index contributed by atoms with van der Waals surface area (Å²) in [6.07, 6.45) is 4.17. The maximum Gasteiger partial charge on any atom is 0.310 e. The lowest BCUT2D eigenvalue weighted by Crippen LogP contribution is -2.17. The minimum atomic E-state index is -0.178. The molecule has 4 heteroatoms. The Morgan fingerprint density at radius 2 is 1.79 bits per heavy atom. The summed E-state index contributed by atoms with van der Waals surface area (Å²) in [5.74, 6) is 0.506. The molecule has 0 spiro atoms. The van der Waals surface area contributed by atoms with E-state index in [1.54, 1.807) is 12.1 Å². The van der Waals surface area contributed by atoms with Crippen LogP contribution in [0.15, 0.2) is 48.5 Å². The van der Waals surface area contributed by atoms with Gasteiger partial charge in [-0.3, -0.25) is 4.79 Å². The van der Waals surface area contributed by atoms with Crippen LogP contribution in [0.1, 0.15) is 57.6 Å². The predicted molar refractivity (Wildman–Crippen MR) is 112 cm³/mol. The standard InChI is InChI=1S/C24H32O4/c1-18(13-15-28-23(27)16-19-9-5-4-6-10-19)8-7-14-24(2,3)21-12-11-20(25)17-22(21)26/h4-6,9-12,17-18,25-26H,7-8,13-16H2,1-3H3. The summed E-state index contributed by atoms with van der Waals surface area (Å²) in [4.78, 5) is 11.9. The summed E-state index contributed by atoms with van der Waals surface area (Å²) in [6, 6.07) is 14.4. The number of phenols is 2. The van der Waals surface area contributed by atoms with Crippen LogP contribution in [0.5, 0.6) is 11.5 Å². The predicted octanol–water partition coefficient (Wildman–Crippen LogP) is 5.36. The van der Waals surface area contributed by atoms with Gasteiger partial charge in [0.2, 0.25) is 0 Å². The maximum absolute atomic E-state index is 11.9. The molecular formula is C24H32O4. The highest BCUT2D eigenvalue weighted by Crippen LogP contribution is 2.37. The second-order valence-electron chi connectivity index (χ2n) is 8.25. The topological polar surface area (TPSA) is 66.8 Å².